The van der Waals surface area contributed by atoms with Gasteiger partial charge in [-0.05, 0) is 135 Å². The zero-order valence-electron chi connectivity index (χ0n) is 63.3. The van der Waals surface area contributed by atoms with Crippen molar-refractivity contribution in [2.45, 2.75) is 334 Å². The van der Waals surface area contributed by atoms with E-state index in [4.69, 9.17) is 32.3 Å². The molecule has 0 bridgehead atoms. The van der Waals surface area contributed by atoms with E-state index in [1.54, 1.807) is 0 Å². The van der Waals surface area contributed by atoms with E-state index in [-0.39, 0.29) is 19.3 Å². The maximum Gasteiger partial charge on any atom is 0.472 e. The van der Waals surface area contributed by atoms with E-state index >= 15 is 0 Å². The number of aliphatic hydroxyl groups is 2. The van der Waals surface area contributed by atoms with Crippen molar-refractivity contribution in [2.75, 3.05) is 39.6 Å². The molecule has 0 aliphatic heterocycles. The highest BCUT2D eigenvalue weighted by molar-refractivity contribution is 7.47. The van der Waals surface area contributed by atoms with Crippen LogP contribution in [-0.4, -0.2) is 95.9 Å². The molecule has 5 unspecified atom stereocenters. The number of phosphoric acid groups is 2. The van der Waals surface area contributed by atoms with Crippen molar-refractivity contribution in [3.63, 3.8) is 0 Å². The van der Waals surface area contributed by atoms with E-state index in [1.807, 2.05) is 0 Å². The molecular weight excluding hydrogens is 1310 g/mol. The molecule has 5 atom stereocenters. The summed E-state index contributed by atoms with van der Waals surface area (Å²) in [5.74, 6) is -1.60. The van der Waals surface area contributed by atoms with Crippen molar-refractivity contribution in [1.29, 1.82) is 0 Å². The second-order valence-electron chi connectivity index (χ2n) is 26.1. The van der Waals surface area contributed by atoms with E-state index < -0.39 is 91.5 Å². The van der Waals surface area contributed by atoms with Crippen LogP contribution >= 0.6 is 15.6 Å². The standard InChI is InChI=1S/C83H142O16P2/c1-4-7-10-13-16-19-22-25-27-29-31-33-35-37-38-40-42-43-45-47-49-52-54-57-60-63-66-69-81(86)93-72-78(84)73-95-100(89,90)96-74-79(85)75-97-101(91,92)98-77-80(99-83(88)71-68-65-62-59-56-51-24-21-18-15-12-9-6-3)76-94-82(87)70-67-64-61-58-55-53-50-48-46-44-41-39-36-34-32-30-28-26-23-20-17-14-11-8-5-2/h7,10,12,15-17,19-21,24-28,31-34,37-39,41,78-80,84-85H,4-6,8-9,11,13-14,18,22-23,29-30,35-36,40,42-77H2,1-3H3,(H,89,90)(H,91,92)/b10-7-,15-12-,19-16-,20-17-,24-21-,27-25-,28-26-,33-31-,34-32-,38-37-,41-39-. The van der Waals surface area contributed by atoms with Gasteiger partial charge in [-0.1, -0.05) is 296 Å². The van der Waals surface area contributed by atoms with Gasteiger partial charge in [0.1, 0.15) is 25.4 Å². The number of rotatable bonds is 74. The highest BCUT2D eigenvalue weighted by atomic mass is 31.2. The van der Waals surface area contributed by atoms with Crippen LogP contribution < -0.4 is 0 Å². The van der Waals surface area contributed by atoms with Crippen LogP contribution in [0.1, 0.15) is 316 Å². The van der Waals surface area contributed by atoms with Crippen LogP contribution in [0.5, 0.6) is 0 Å². The van der Waals surface area contributed by atoms with Crippen LogP contribution in [0.25, 0.3) is 0 Å². The second-order valence-corrected chi connectivity index (χ2v) is 29.0. The van der Waals surface area contributed by atoms with Gasteiger partial charge in [0.25, 0.3) is 0 Å². The molecule has 0 amide bonds. The summed E-state index contributed by atoms with van der Waals surface area (Å²) in [5, 5.41) is 20.6. The number of esters is 3. The van der Waals surface area contributed by atoms with Gasteiger partial charge in [-0.25, -0.2) is 9.13 Å². The molecule has 0 aromatic carbocycles. The number of hydrogen-bond donors (Lipinski definition) is 4. The van der Waals surface area contributed by atoms with Gasteiger partial charge >= 0.3 is 33.6 Å². The summed E-state index contributed by atoms with van der Waals surface area (Å²) < 4.78 is 61.1. The third-order valence-electron chi connectivity index (χ3n) is 16.3. The van der Waals surface area contributed by atoms with Gasteiger partial charge in [-0.15, -0.1) is 0 Å². The van der Waals surface area contributed by atoms with Gasteiger partial charge in [0, 0.05) is 19.3 Å². The monoisotopic (exact) mass is 1460 g/mol. The van der Waals surface area contributed by atoms with E-state index in [0.29, 0.717) is 19.3 Å². The smallest absolute Gasteiger partial charge is 0.463 e. The number of carbonyl (C=O) groups excluding carboxylic acids is 3. The van der Waals surface area contributed by atoms with Crippen molar-refractivity contribution >= 4 is 33.6 Å². The molecule has 0 aromatic rings. The van der Waals surface area contributed by atoms with Gasteiger partial charge < -0.3 is 34.2 Å². The zero-order chi connectivity index (χ0) is 73.7. The molecule has 4 N–H and O–H groups in total. The number of ether oxygens (including phenoxy) is 3. The molecule has 101 heavy (non-hydrogen) atoms. The number of hydrogen-bond acceptors (Lipinski definition) is 14. The molecule has 0 radical (unpaired) electrons. The molecule has 580 valence electrons. The number of carbonyl (C=O) groups is 3. The summed E-state index contributed by atoms with van der Waals surface area (Å²) in [4.78, 5) is 58.6. The Morgan fingerprint density at radius 1 is 0.287 bits per heavy atom. The molecule has 0 rings (SSSR count). The molecule has 0 aliphatic rings. The van der Waals surface area contributed by atoms with Crippen LogP contribution in [0, 0.1) is 0 Å². The average molecular weight is 1460 g/mol. The summed E-state index contributed by atoms with van der Waals surface area (Å²) in [5.41, 5.74) is 0. The topological polar surface area (TPSA) is 231 Å². The zero-order valence-corrected chi connectivity index (χ0v) is 65.1. The second kappa shape index (κ2) is 75.4. The third kappa shape index (κ3) is 76.6. The highest BCUT2D eigenvalue weighted by Gasteiger charge is 2.29. The molecule has 0 fully saturated rings. The minimum absolute atomic E-state index is 0.0846. The summed E-state index contributed by atoms with van der Waals surface area (Å²) >= 11 is 0. The molecule has 0 saturated heterocycles. The van der Waals surface area contributed by atoms with Crippen LogP contribution in [0.15, 0.2) is 134 Å². The maximum absolute atomic E-state index is 12.9. The predicted molar refractivity (Wildman–Crippen MR) is 417 cm³/mol. The third-order valence-corrected chi connectivity index (χ3v) is 18.2. The fourth-order valence-electron chi connectivity index (χ4n) is 10.3. The Morgan fingerprint density at radius 3 is 0.871 bits per heavy atom. The normalized spacial score (nSPS) is 14.7. The van der Waals surface area contributed by atoms with Gasteiger partial charge in [-0.2, -0.15) is 0 Å². The largest absolute Gasteiger partial charge is 0.472 e. The highest BCUT2D eigenvalue weighted by Crippen LogP contribution is 2.45. The molecule has 16 nitrogen and oxygen atoms in total. The van der Waals surface area contributed by atoms with Gasteiger partial charge in [0.2, 0.25) is 0 Å². The SMILES string of the molecule is CC/C=C\C/C=C\C/C=C\C/C=C\C/C=C\CCCCCCCCCCCCCC(=O)OCC(O)COP(=O)(O)OCC(O)COP(=O)(O)OCC(COC(=O)CCCCCCCCCCC/C=C\C/C=C\C/C=C\C/C=C\CCCCC)OC(=O)CCCCCCC/C=C\C/C=C\CCC. The average Bonchev–Trinajstić information content (AvgIpc) is 0.949. The lowest BCUT2D eigenvalue weighted by Crippen LogP contribution is -2.30. The fourth-order valence-corrected chi connectivity index (χ4v) is 11.9. The van der Waals surface area contributed by atoms with E-state index in [1.165, 1.54) is 96.3 Å². The molecule has 0 aliphatic carbocycles. The van der Waals surface area contributed by atoms with Crippen LogP contribution in [-0.2, 0) is 55.8 Å². The van der Waals surface area contributed by atoms with Crippen molar-refractivity contribution in [1.82, 2.24) is 0 Å². The van der Waals surface area contributed by atoms with Crippen molar-refractivity contribution in [2.24, 2.45) is 0 Å². The molecule has 18 heteroatoms. The first-order valence-electron chi connectivity index (χ1n) is 39.5. The van der Waals surface area contributed by atoms with Crippen LogP contribution in [0.2, 0.25) is 0 Å². The summed E-state index contributed by atoms with van der Waals surface area (Å²) in [6, 6.07) is 0. The summed E-state index contributed by atoms with van der Waals surface area (Å²) in [7, 11) is -9.80. The van der Waals surface area contributed by atoms with Gasteiger partial charge in [-0.3, -0.25) is 32.5 Å². The lowest BCUT2D eigenvalue weighted by atomic mass is 10.0. The Morgan fingerprint density at radius 2 is 0.545 bits per heavy atom. The Hall–Kier alpha value is -4.31. The van der Waals surface area contributed by atoms with Crippen molar-refractivity contribution < 1.29 is 75.8 Å². The predicted octanol–water partition coefficient (Wildman–Crippen LogP) is 23.1. The minimum atomic E-state index is -4.94. The first-order chi connectivity index (χ1) is 49.2. The van der Waals surface area contributed by atoms with Crippen LogP contribution in [0.4, 0.5) is 0 Å². The fraction of sp³-hybridized carbons (Fsp3) is 0.699. The summed E-state index contributed by atoms with van der Waals surface area (Å²) in [6.07, 6.45) is 90.7. The van der Waals surface area contributed by atoms with E-state index in [0.717, 1.165) is 161 Å². The first-order valence-corrected chi connectivity index (χ1v) is 42.5. The van der Waals surface area contributed by atoms with Crippen molar-refractivity contribution in [3.05, 3.63) is 134 Å². The van der Waals surface area contributed by atoms with Crippen LogP contribution in [0.3, 0.4) is 0 Å². The molecular formula is C83H142O16P2. The summed E-state index contributed by atoms with van der Waals surface area (Å²) in [6.45, 7) is 2.46. The number of phosphoric ester groups is 2. The number of unbranched alkanes of at least 4 members (excludes halogenated alkanes) is 29. The van der Waals surface area contributed by atoms with E-state index in [2.05, 4.69) is 154 Å². The molecule has 0 heterocycles. The quantitative estimate of drug-likeness (QED) is 0.0146. The van der Waals surface area contributed by atoms with E-state index in [9.17, 15) is 43.5 Å². The Kier molecular flexibility index (Phi) is 72.2. The Balaban J connectivity index is 4.53. The first kappa shape index (κ1) is 96.7. The van der Waals surface area contributed by atoms with Gasteiger partial charge in [0.05, 0.1) is 26.4 Å². The lowest BCUT2D eigenvalue weighted by molar-refractivity contribution is -0.161. The minimum Gasteiger partial charge on any atom is -0.463 e. The number of allylic oxidation sites excluding steroid dienone is 22. The molecule has 0 saturated carbocycles. The van der Waals surface area contributed by atoms with Crippen molar-refractivity contribution in [3.8, 4) is 0 Å². The van der Waals surface area contributed by atoms with Gasteiger partial charge in [0.15, 0.2) is 6.10 Å². The molecule has 0 aromatic heterocycles. The lowest BCUT2D eigenvalue weighted by Gasteiger charge is -2.21. The maximum atomic E-state index is 12.9. The Labute approximate surface area is 614 Å². The number of aliphatic hydroxyl groups excluding tert-OH is 2. The Bertz CT molecular complexity index is 2370. The molecule has 0 spiro atoms.